The number of fused-ring (bicyclic) bond motifs is 2. The molecule has 1 aromatic carbocycles. The molecule has 6 heteroatoms. The number of aromatic nitrogens is 4. The van der Waals surface area contributed by atoms with Gasteiger partial charge >= 0.3 is 0 Å². The van der Waals surface area contributed by atoms with Gasteiger partial charge in [0, 0.05) is 6.54 Å². The van der Waals surface area contributed by atoms with E-state index in [1.807, 2.05) is 26.0 Å². The van der Waals surface area contributed by atoms with Gasteiger partial charge in [-0.2, -0.15) is 4.68 Å². The molecule has 0 saturated heterocycles. The maximum atomic E-state index is 12.8. The quantitative estimate of drug-likeness (QED) is 0.876. The molecule has 1 heterocycles. The van der Waals surface area contributed by atoms with E-state index in [2.05, 4.69) is 33.0 Å². The predicted molar refractivity (Wildman–Crippen MR) is 89.8 cm³/mol. The van der Waals surface area contributed by atoms with Gasteiger partial charge in [0.25, 0.3) is 5.91 Å². The van der Waals surface area contributed by atoms with Crippen LogP contribution in [0.2, 0.25) is 0 Å². The number of carbonyl (C=O) groups excluding carboxylic acids is 1. The van der Waals surface area contributed by atoms with Crippen molar-refractivity contribution in [3.05, 3.63) is 47.3 Å². The van der Waals surface area contributed by atoms with E-state index in [-0.39, 0.29) is 5.91 Å². The number of amides is 1. The number of tetrazole rings is 1. The van der Waals surface area contributed by atoms with Crippen molar-refractivity contribution in [2.24, 2.45) is 17.8 Å². The summed E-state index contributed by atoms with van der Waals surface area (Å²) in [6.45, 7) is 4.74. The first kappa shape index (κ1) is 15.1. The molecule has 4 rings (SSSR count). The summed E-state index contributed by atoms with van der Waals surface area (Å²) in [6, 6.07) is 3.83. The van der Waals surface area contributed by atoms with Crippen LogP contribution in [0.25, 0.3) is 5.69 Å². The lowest BCUT2D eigenvalue weighted by atomic mass is 9.93. The van der Waals surface area contributed by atoms with Gasteiger partial charge in [-0.25, -0.2) is 0 Å². The Hall–Kier alpha value is -2.50. The van der Waals surface area contributed by atoms with Crippen LogP contribution in [0.1, 0.15) is 34.3 Å². The lowest BCUT2D eigenvalue weighted by molar-refractivity contribution is 0.0945. The van der Waals surface area contributed by atoms with E-state index in [0.29, 0.717) is 17.4 Å². The fourth-order valence-electron chi connectivity index (χ4n) is 3.99. The second-order valence-electron chi connectivity index (χ2n) is 6.91. The molecule has 0 radical (unpaired) electrons. The molecule has 0 aliphatic heterocycles. The molecule has 1 N–H and O–H groups in total. The van der Waals surface area contributed by atoms with Crippen molar-refractivity contribution in [2.45, 2.75) is 26.7 Å². The molecule has 124 valence electrons. The normalized spacial score (nSPS) is 24.5. The fourth-order valence-corrected chi connectivity index (χ4v) is 3.99. The van der Waals surface area contributed by atoms with Crippen LogP contribution in [0.5, 0.6) is 0 Å². The van der Waals surface area contributed by atoms with E-state index in [1.54, 1.807) is 4.68 Å². The molecular weight excluding hydrogens is 302 g/mol. The zero-order valence-corrected chi connectivity index (χ0v) is 13.9. The molecule has 3 atom stereocenters. The molecule has 1 fully saturated rings. The highest BCUT2D eigenvalue weighted by atomic mass is 16.1. The lowest BCUT2D eigenvalue weighted by Crippen LogP contribution is -2.31. The summed E-state index contributed by atoms with van der Waals surface area (Å²) in [4.78, 5) is 12.8. The van der Waals surface area contributed by atoms with E-state index in [9.17, 15) is 4.79 Å². The number of hydrogen-bond acceptors (Lipinski definition) is 4. The summed E-state index contributed by atoms with van der Waals surface area (Å²) in [5, 5.41) is 14.5. The summed E-state index contributed by atoms with van der Waals surface area (Å²) in [7, 11) is 0. The maximum absolute atomic E-state index is 12.8. The Kier molecular flexibility index (Phi) is 3.67. The number of benzene rings is 1. The summed E-state index contributed by atoms with van der Waals surface area (Å²) in [6.07, 6.45) is 8.60. The number of allylic oxidation sites excluding steroid dienone is 2. The summed E-state index contributed by atoms with van der Waals surface area (Å²) in [5.74, 6) is 1.85. The number of aryl methyl sites for hydroxylation is 1. The van der Waals surface area contributed by atoms with Gasteiger partial charge in [-0.05, 0) is 72.1 Å². The van der Waals surface area contributed by atoms with Crippen molar-refractivity contribution in [2.75, 3.05) is 6.54 Å². The summed E-state index contributed by atoms with van der Waals surface area (Å²) < 4.78 is 1.57. The highest BCUT2D eigenvalue weighted by Crippen LogP contribution is 2.43. The molecule has 24 heavy (non-hydrogen) atoms. The zero-order chi connectivity index (χ0) is 16.7. The van der Waals surface area contributed by atoms with Gasteiger partial charge < -0.3 is 5.32 Å². The van der Waals surface area contributed by atoms with Crippen LogP contribution in [0.3, 0.4) is 0 Å². The Balaban J connectivity index is 1.56. The standard InChI is InChI=1S/C18H21N5O/c1-11-3-6-16(17(12(11)2)23-10-20-21-22-23)18(24)19-9-15-8-13-4-5-14(15)7-13/h3-6,10,13-15H,7-9H2,1-2H3,(H,19,24)/t13-,14+,15+/m1/s1. The molecule has 2 aliphatic rings. The minimum absolute atomic E-state index is 0.0599. The van der Waals surface area contributed by atoms with E-state index >= 15 is 0 Å². The number of rotatable bonds is 4. The number of carbonyl (C=O) groups is 1. The first-order valence-corrected chi connectivity index (χ1v) is 8.43. The Labute approximate surface area is 140 Å². The molecule has 2 aromatic rings. The third kappa shape index (κ3) is 2.52. The Morgan fingerprint density at radius 1 is 1.29 bits per heavy atom. The Bertz CT molecular complexity index is 796. The van der Waals surface area contributed by atoms with Crippen molar-refractivity contribution in [1.82, 2.24) is 25.5 Å². The van der Waals surface area contributed by atoms with Crippen molar-refractivity contribution < 1.29 is 4.79 Å². The van der Waals surface area contributed by atoms with Gasteiger partial charge in [-0.15, -0.1) is 5.10 Å². The second-order valence-corrected chi connectivity index (χ2v) is 6.91. The average molecular weight is 323 g/mol. The van der Waals surface area contributed by atoms with Gasteiger partial charge in [0.2, 0.25) is 0 Å². The third-order valence-electron chi connectivity index (χ3n) is 5.47. The number of nitrogens with zero attached hydrogens (tertiary/aromatic N) is 4. The van der Waals surface area contributed by atoms with Crippen molar-refractivity contribution >= 4 is 5.91 Å². The molecule has 2 aliphatic carbocycles. The smallest absolute Gasteiger partial charge is 0.253 e. The predicted octanol–water partition coefficient (Wildman–Crippen LogP) is 2.22. The molecule has 1 aromatic heterocycles. The van der Waals surface area contributed by atoms with E-state index in [0.717, 1.165) is 29.3 Å². The highest BCUT2D eigenvalue weighted by molar-refractivity contribution is 5.98. The highest BCUT2D eigenvalue weighted by Gasteiger charge is 2.35. The summed E-state index contributed by atoms with van der Waals surface area (Å²) in [5.41, 5.74) is 3.49. The Morgan fingerprint density at radius 2 is 2.17 bits per heavy atom. The van der Waals surface area contributed by atoms with Crippen molar-refractivity contribution in [3.63, 3.8) is 0 Å². The van der Waals surface area contributed by atoms with Crippen LogP contribution < -0.4 is 5.32 Å². The largest absolute Gasteiger partial charge is 0.352 e. The third-order valence-corrected chi connectivity index (χ3v) is 5.47. The molecule has 1 amide bonds. The van der Waals surface area contributed by atoms with Crippen LogP contribution >= 0.6 is 0 Å². The van der Waals surface area contributed by atoms with Crippen LogP contribution in [-0.2, 0) is 0 Å². The fraction of sp³-hybridized carbons (Fsp3) is 0.444. The molecular formula is C18H21N5O. The van der Waals surface area contributed by atoms with E-state index in [1.165, 1.54) is 19.2 Å². The van der Waals surface area contributed by atoms with Crippen LogP contribution in [0.15, 0.2) is 30.6 Å². The van der Waals surface area contributed by atoms with Crippen LogP contribution in [-0.4, -0.2) is 32.7 Å². The average Bonchev–Trinajstić information content (AvgIpc) is 3.32. The molecule has 6 nitrogen and oxygen atoms in total. The number of nitrogens with one attached hydrogen (secondary N) is 1. The first-order chi connectivity index (χ1) is 11.6. The van der Waals surface area contributed by atoms with Crippen LogP contribution in [0, 0.1) is 31.6 Å². The van der Waals surface area contributed by atoms with E-state index < -0.39 is 0 Å². The monoisotopic (exact) mass is 323 g/mol. The van der Waals surface area contributed by atoms with Gasteiger partial charge in [-0.1, -0.05) is 18.2 Å². The molecule has 1 saturated carbocycles. The van der Waals surface area contributed by atoms with Gasteiger partial charge in [0.1, 0.15) is 6.33 Å². The van der Waals surface area contributed by atoms with Crippen LogP contribution in [0.4, 0.5) is 0 Å². The topological polar surface area (TPSA) is 72.7 Å². The molecule has 0 spiro atoms. The number of hydrogen-bond donors (Lipinski definition) is 1. The van der Waals surface area contributed by atoms with Crippen molar-refractivity contribution in [1.29, 1.82) is 0 Å². The van der Waals surface area contributed by atoms with E-state index in [4.69, 9.17) is 0 Å². The zero-order valence-electron chi connectivity index (χ0n) is 13.9. The molecule has 0 unspecified atom stereocenters. The Morgan fingerprint density at radius 3 is 2.83 bits per heavy atom. The van der Waals surface area contributed by atoms with Gasteiger partial charge in [0.15, 0.2) is 0 Å². The maximum Gasteiger partial charge on any atom is 0.253 e. The van der Waals surface area contributed by atoms with Gasteiger partial charge in [-0.3, -0.25) is 4.79 Å². The second kappa shape index (κ2) is 5.85. The minimum Gasteiger partial charge on any atom is -0.352 e. The molecule has 2 bridgehead atoms. The lowest BCUT2D eigenvalue weighted by Gasteiger charge is -2.19. The summed E-state index contributed by atoms with van der Waals surface area (Å²) >= 11 is 0. The van der Waals surface area contributed by atoms with Crippen molar-refractivity contribution in [3.8, 4) is 5.69 Å². The first-order valence-electron chi connectivity index (χ1n) is 8.43. The SMILES string of the molecule is Cc1ccc(C(=O)NC[C@@H]2C[C@@H]3C=C[C@H]2C3)c(-n2cnnn2)c1C. The van der Waals surface area contributed by atoms with Gasteiger partial charge in [0.05, 0.1) is 11.3 Å². The minimum atomic E-state index is -0.0599.